The molecule has 0 bridgehead atoms. The van der Waals surface area contributed by atoms with E-state index in [2.05, 4.69) is 12.1 Å². The molecule has 4 rings (SSSR count). The number of benzene rings is 2. The smallest absolute Gasteiger partial charge is 0.236 e. The normalized spacial score (nSPS) is 20.3. The highest BCUT2D eigenvalue weighted by atomic mass is 16.2. The molecule has 1 aliphatic heterocycles. The number of fused-ring (bicyclic) bond motifs is 2. The Hall–Kier alpha value is -2.42. The molecule has 2 aromatic carbocycles. The van der Waals surface area contributed by atoms with Crippen LogP contribution < -0.4 is 4.90 Å². The number of amides is 1. The minimum absolute atomic E-state index is 0.0418. The average Bonchev–Trinajstić information content (AvgIpc) is 2.72. The molecule has 1 amide bonds. The lowest BCUT2D eigenvalue weighted by Gasteiger charge is -2.28. The van der Waals surface area contributed by atoms with E-state index >= 15 is 0 Å². The summed E-state index contributed by atoms with van der Waals surface area (Å²) in [6.07, 6.45) is 4.13. The standard InChI is InChI=1S/C20H20N2O/c23-20-16-10-4-5-11-17(16)21-18-12-6-7-13-19(18)22(20)14-15-8-2-1-3-9-15/h1-3,6-9,12-13,16H,4-5,10-11,14H2. The fraction of sp³-hybridized carbons (Fsp3) is 0.300. The molecule has 23 heavy (non-hydrogen) atoms. The first-order valence-electron chi connectivity index (χ1n) is 8.35. The summed E-state index contributed by atoms with van der Waals surface area (Å²) in [6, 6.07) is 18.2. The van der Waals surface area contributed by atoms with E-state index in [0.29, 0.717) is 6.54 Å². The number of anilines is 1. The van der Waals surface area contributed by atoms with Crippen molar-refractivity contribution in [1.82, 2.24) is 0 Å². The quantitative estimate of drug-likeness (QED) is 0.804. The summed E-state index contributed by atoms with van der Waals surface area (Å²) in [6.45, 7) is 0.607. The lowest BCUT2D eigenvalue weighted by Crippen LogP contribution is -2.39. The Morgan fingerprint density at radius 3 is 2.65 bits per heavy atom. The van der Waals surface area contributed by atoms with Crippen LogP contribution in [0.2, 0.25) is 0 Å². The van der Waals surface area contributed by atoms with Crippen LogP contribution in [-0.4, -0.2) is 11.6 Å². The Morgan fingerprint density at radius 1 is 1.00 bits per heavy atom. The monoisotopic (exact) mass is 304 g/mol. The summed E-state index contributed by atoms with van der Waals surface area (Å²) in [5.74, 6) is 0.164. The van der Waals surface area contributed by atoms with Gasteiger partial charge in [-0.25, -0.2) is 0 Å². The maximum absolute atomic E-state index is 13.2. The van der Waals surface area contributed by atoms with Gasteiger partial charge in [0.05, 0.1) is 23.8 Å². The summed E-state index contributed by atoms with van der Waals surface area (Å²) in [5.41, 5.74) is 4.08. The number of aliphatic imine (C=N–C) groups is 1. The topological polar surface area (TPSA) is 32.7 Å². The summed E-state index contributed by atoms with van der Waals surface area (Å²) < 4.78 is 0. The molecule has 1 heterocycles. The van der Waals surface area contributed by atoms with E-state index in [1.165, 1.54) is 0 Å². The van der Waals surface area contributed by atoms with Crippen molar-refractivity contribution in [3.05, 3.63) is 60.2 Å². The molecule has 0 saturated heterocycles. The van der Waals surface area contributed by atoms with Crippen molar-refractivity contribution in [2.75, 3.05) is 4.90 Å². The highest BCUT2D eigenvalue weighted by Gasteiger charge is 2.34. The molecule has 3 heteroatoms. The van der Waals surface area contributed by atoms with E-state index in [-0.39, 0.29) is 11.8 Å². The average molecular weight is 304 g/mol. The van der Waals surface area contributed by atoms with Gasteiger partial charge in [0.1, 0.15) is 0 Å². The summed E-state index contributed by atoms with van der Waals surface area (Å²) in [4.78, 5) is 20.0. The first-order chi connectivity index (χ1) is 11.3. The third-order valence-electron chi connectivity index (χ3n) is 4.76. The number of carbonyl (C=O) groups is 1. The predicted octanol–water partition coefficient (Wildman–Crippen LogP) is 4.50. The van der Waals surface area contributed by atoms with Crippen LogP contribution in [-0.2, 0) is 11.3 Å². The minimum Gasteiger partial charge on any atom is -0.305 e. The van der Waals surface area contributed by atoms with Gasteiger partial charge in [-0.2, -0.15) is 0 Å². The molecule has 3 nitrogen and oxygen atoms in total. The Balaban J connectivity index is 1.77. The van der Waals surface area contributed by atoms with Gasteiger partial charge < -0.3 is 4.90 Å². The molecule has 0 N–H and O–H groups in total. The molecule has 2 aromatic rings. The highest BCUT2D eigenvalue weighted by Crippen LogP contribution is 2.37. The Kier molecular flexibility index (Phi) is 3.70. The van der Waals surface area contributed by atoms with Crippen molar-refractivity contribution in [2.45, 2.75) is 32.2 Å². The number of hydrogen-bond donors (Lipinski definition) is 0. The van der Waals surface area contributed by atoms with E-state index in [1.807, 2.05) is 47.4 Å². The van der Waals surface area contributed by atoms with Gasteiger partial charge in [-0.1, -0.05) is 48.9 Å². The minimum atomic E-state index is -0.0418. The molecule has 1 fully saturated rings. The van der Waals surface area contributed by atoms with Gasteiger partial charge in [-0.05, 0) is 37.0 Å². The molecule has 1 atom stereocenters. The van der Waals surface area contributed by atoms with Gasteiger partial charge in [0, 0.05) is 5.71 Å². The van der Waals surface area contributed by atoms with Crippen molar-refractivity contribution >= 4 is 23.0 Å². The van der Waals surface area contributed by atoms with Crippen LogP contribution in [0, 0.1) is 5.92 Å². The number of rotatable bonds is 2. The molecular weight excluding hydrogens is 284 g/mol. The number of para-hydroxylation sites is 2. The fourth-order valence-electron chi connectivity index (χ4n) is 3.57. The second kappa shape index (κ2) is 5.99. The first-order valence-corrected chi connectivity index (χ1v) is 8.35. The Labute approximate surface area is 136 Å². The van der Waals surface area contributed by atoms with E-state index in [1.54, 1.807) is 0 Å². The zero-order valence-corrected chi connectivity index (χ0v) is 13.1. The van der Waals surface area contributed by atoms with Gasteiger partial charge in [-0.3, -0.25) is 9.79 Å². The van der Waals surface area contributed by atoms with E-state index in [9.17, 15) is 4.79 Å². The summed E-state index contributed by atoms with van der Waals surface area (Å²) >= 11 is 0. The van der Waals surface area contributed by atoms with Gasteiger partial charge in [0.2, 0.25) is 5.91 Å². The van der Waals surface area contributed by atoms with Crippen LogP contribution in [0.25, 0.3) is 0 Å². The Bertz CT molecular complexity index is 751. The molecule has 0 radical (unpaired) electrons. The van der Waals surface area contributed by atoms with E-state index in [0.717, 1.165) is 48.3 Å². The van der Waals surface area contributed by atoms with Gasteiger partial charge in [-0.15, -0.1) is 0 Å². The van der Waals surface area contributed by atoms with Crippen molar-refractivity contribution < 1.29 is 4.79 Å². The van der Waals surface area contributed by atoms with E-state index < -0.39 is 0 Å². The van der Waals surface area contributed by atoms with Crippen molar-refractivity contribution in [2.24, 2.45) is 10.9 Å². The molecule has 116 valence electrons. The Morgan fingerprint density at radius 2 is 1.78 bits per heavy atom. The molecule has 0 aromatic heterocycles. The van der Waals surface area contributed by atoms with Crippen LogP contribution >= 0.6 is 0 Å². The third kappa shape index (κ3) is 2.67. The van der Waals surface area contributed by atoms with Crippen LogP contribution in [0.5, 0.6) is 0 Å². The van der Waals surface area contributed by atoms with Crippen LogP contribution in [0.1, 0.15) is 31.2 Å². The molecule has 1 saturated carbocycles. The molecule has 1 unspecified atom stereocenters. The summed E-state index contributed by atoms with van der Waals surface area (Å²) in [5, 5.41) is 0. The number of hydrogen-bond acceptors (Lipinski definition) is 2. The fourth-order valence-corrected chi connectivity index (χ4v) is 3.57. The molecule has 0 spiro atoms. The van der Waals surface area contributed by atoms with E-state index in [4.69, 9.17) is 4.99 Å². The summed E-state index contributed by atoms with van der Waals surface area (Å²) in [7, 11) is 0. The van der Waals surface area contributed by atoms with Gasteiger partial charge in [0.25, 0.3) is 0 Å². The highest BCUT2D eigenvalue weighted by molar-refractivity contribution is 6.14. The largest absolute Gasteiger partial charge is 0.305 e. The van der Waals surface area contributed by atoms with Crippen LogP contribution in [0.3, 0.4) is 0 Å². The van der Waals surface area contributed by atoms with Crippen molar-refractivity contribution in [3.63, 3.8) is 0 Å². The lowest BCUT2D eigenvalue weighted by molar-refractivity contribution is -0.120. The first kappa shape index (κ1) is 14.2. The van der Waals surface area contributed by atoms with Gasteiger partial charge >= 0.3 is 0 Å². The molecule has 2 aliphatic rings. The number of carbonyl (C=O) groups excluding carboxylic acids is 1. The maximum atomic E-state index is 13.2. The lowest BCUT2D eigenvalue weighted by atomic mass is 9.86. The molecular formula is C20H20N2O. The van der Waals surface area contributed by atoms with Crippen molar-refractivity contribution in [1.29, 1.82) is 0 Å². The second-order valence-electron chi connectivity index (χ2n) is 6.30. The third-order valence-corrected chi connectivity index (χ3v) is 4.76. The second-order valence-corrected chi connectivity index (χ2v) is 6.30. The van der Waals surface area contributed by atoms with Gasteiger partial charge in [0.15, 0.2) is 0 Å². The predicted molar refractivity (Wildman–Crippen MR) is 93.1 cm³/mol. The SMILES string of the molecule is O=C1C2CCCCC2=Nc2ccccc2N1Cc1ccccc1. The van der Waals surface area contributed by atoms with Crippen LogP contribution in [0.15, 0.2) is 59.6 Å². The zero-order chi connectivity index (χ0) is 15.6. The van der Waals surface area contributed by atoms with Crippen molar-refractivity contribution in [3.8, 4) is 0 Å². The maximum Gasteiger partial charge on any atom is 0.236 e. The zero-order valence-electron chi connectivity index (χ0n) is 13.1. The van der Waals surface area contributed by atoms with Crippen LogP contribution in [0.4, 0.5) is 11.4 Å². The molecule has 1 aliphatic carbocycles. The number of nitrogens with zero attached hydrogens (tertiary/aromatic N) is 2.